The topological polar surface area (TPSA) is 63.6 Å². The van der Waals surface area contributed by atoms with Crippen LogP contribution in [0.2, 0.25) is 0 Å². The van der Waals surface area contributed by atoms with Gasteiger partial charge in [-0.3, -0.25) is 4.18 Å². The summed E-state index contributed by atoms with van der Waals surface area (Å²) in [7, 11) is -3.78. The molecule has 1 aromatic carbocycles. The molecule has 1 aromatic rings. The van der Waals surface area contributed by atoms with Crippen LogP contribution in [-0.2, 0) is 14.3 Å². The molecule has 0 aliphatic heterocycles. The Labute approximate surface area is 133 Å². The normalized spacial score (nSPS) is 18.3. The second-order valence-electron chi connectivity index (χ2n) is 6.29. The van der Waals surface area contributed by atoms with Gasteiger partial charge in [0.25, 0.3) is 10.1 Å². The molecular weight excluding hydrogens is 300 g/mol. The first kappa shape index (κ1) is 17.4. The van der Waals surface area contributed by atoms with E-state index in [2.05, 4.69) is 0 Å². The van der Waals surface area contributed by atoms with Crippen molar-refractivity contribution in [3.8, 4) is 0 Å². The highest BCUT2D eigenvalue weighted by molar-refractivity contribution is 7.86. The van der Waals surface area contributed by atoms with Crippen molar-refractivity contribution >= 4 is 10.1 Å². The number of aliphatic hydroxyl groups is 1. The largest absolute Gasteiger partial charge is 0.391 e. The third kappa shape index (κ3) is 5.38. The molecule has 1 aliphatic carbocycles. The maximum Gasteiger partial charge on any atom is 0.297 e. The molecule has 0 radical (unpaired) electrons. The predicted molar refractivity (Wildman–Crippen MR) is 86.1 cm³/mol. The quantitative estimate of drug-likeness (QED) is 0.780. The van der Waals surface area contributed by atoms with Crippen LogP contribution in [0.25, 0.3) is 0 Å². The van der Waals surface area contributed by atoms with E-state index >= 15 is 0 Å². The summed E-state index contributed by atoms with van der Waals surface area (Å²) in [5, 5.41) is 9.94. The Kier molecular flexibility index (Phi) is 6.41. The average molecular weight is 326 g/mol. The van der Waals surface area contributed by atoms with Crippen LogP contribution in [0.4, 0.5) is 0 Å². The maximum atomic E-state index is 12.0. The van der Waals surface area contributed by atoms with Crippen molar-refractivity contribution in [2.24, 2.45) is 5.92 Å². The third-order valence-corrected chi connectivity index (χ3v) is 5.65. The molecule has 0 bridgehead atoms. The molecule has 0 aromatic heterocycles. The highest BCUT2D eigenvalue weighted by atomic mass is 32.2. The standard InChI is InChI=1S/C17H26O4S/c1-14-7-11-17(12-8-14)22(19,20)21-13-16(18)10-9-15-5-3-2-4-6-15/h7-8,11-12,15-16,18H,2-6,9-10,13H2,1H3/t16-/m1/s1. The first-order valence-electron chi connectivity index (χ1n) is 8.11. The molecule has 4 nitrogen and oxygen atoms in total. The fourth-order valence-electron chi connectivity index (χ4n) is 2.93. The number of hydrogen-bond donors (Lipinski definition) is 1. The van der Waals surface area contributed by atoms with E-state index in [1.54, 1.807) is 12.1 Å². The van der Waals surface area contributed by atoms with Gasteiger partial charge in [-0.15, -0.1) is 0 Å². The summed E-state index contributed by atoms with van der Waals surface area (Å²) in [4.78, 5) is 0.137. The molecule has 1 N–H and O–H groups in total. The van der Waals surface area contributed by atoms with Crippen LogP contribution in [0.3, 0.4) is 0 Å². The lowest BCUT2D eigenvalue weighted by molar-refractivity contribution is 0.0941. The van der Waals surface area contributed by atoms with E-state index in [0.717, 1.165) is 12.0 Å². The minimum Gasteiger partial charge on any atom is -0.391 e. The van der Waals surface area contributed by atoms with Crippen molar-refractivity contribution in [2.75, 3.05) is 6.61 Å². The van der Waals surface area contributed by atoms with E-state index < -0.39 is 16.2 Å². The Hall–Kier alpha value is -0.910. The summed E-state index contributed by atoms with van der Waals surface area (Å²) < 4.78 is 29.0. The van der Waals surface area contributed by atoms with Gasteiger partial charge in [0.2, 0.25) is 0 Å². The summed E-state index contributed by atoms with van der Waals surface area (Å²) in [6, 6.07) is 6.52. The highest BCUT2D eigenvalue weighted by Crippen LogP contribution is 2.27. The van der Waals surface area contributed by atoms with Crippen molar-refractivity contribution in [3.05, 3.63) is 29.8 Å². The van der Waals surface area contributed by atoms with E-state index in [9.17, 15) is 13.5 Å². The second kappa shape index (κ2) is 8.09. The van der Waals surface area contributed by atoms with E-state index in [-0.39, 0.29) is 11.5 Å². The average Bonchev–Trinajstić information content (AvgIpc) is 2.52. The van der Waals surface area contributed by atoms with Crippen molar-refractivity contribution in [3.63, 3.8) is 0 Å². The van der Waals surface area contributed by atoms with Gasteiger partial charge in [-0.25, -0.2) is 0 Å². The van der Waals surface area contributed by atoms with E-state index in [4.69, 9.17) is 4.18 Å². The number of aliphatic hydroxyl groups excluding tert-OH is 1. The van der Waals surface area contributed by atoms with Crippen molar-refractivity contribution < 1.29 is 17.7 Å². The highest BCUT2D eigenvalue weighted by Gasteiger charge is 2.19. The minimum atomic E-state index is -3.78. The third-order valence-electron chi connectivity index (χ3n) is 4.36. The molecule has 1 saturated carbocycles. The van der Waals surface area contributed by atoms with Crippen LogP contribution in [0, 0.1) is 12.8 Å². The Balaban J connectivity index is 1.77. The Morgan fingerprint density at radius 1 is 1.18 bits per heavy atom. The van der Waals surface area contributed by atoms with Crippen molar-refractivity contribution in [2.45, 2.75) is 62.9 Å². The van der Waals surface area contributed by atoms with E-state index in [0.29, 0.717) is 12.3 Å². The van der Waals surface area contributed by atoms with Gasteiger partial charge in [0.1, 0.15) is 0 Å². The summed E-state index contributed by atoms with van der Waals surface area (Å²) >= 11 is 0. The monoisotopic (exact) mass is 326 g/mol. The Morgan fingerprint density at radius 3 is 2.45 bits per heavy atom. The molecule has 124 valence electrons. The molecule has 1 fully saturated rings. The zero-order chi connectivity index (χ0) is 16.0. The van der Waals surface area contributed by atoms with Gasteiger partial charge in [-0.1, -0.05) is 49.8 Å². The molecule has 0 heterocycles. The van der Waals surface area contributed by atoms with Gasteiger partial charge in [-0.2, -0.15) is 8.42 Å². The zero-order valence-corrected chi connectivity index (χ0v) is 14.0. The van der Waals surface area contributed by atoms with Gasteiger partial charge in [0.15, 0.2) is 0 Å². The van der Waals surface area contributed by atoms with Crippen molar-refractivity contribution in [1.82, 2.24) is 0 Å². The molecule has 0 amide bonds. The van der Waals surface area contributed by atoms with Crippen LogP contribution < -0.4 is 0 Å². The van der Waals surface area contributed by atoms with Gasteiger partial charge in [-0.05, 0) is 37.8 Å². The Morgan fingerprint density at radius 2 is 1.82 bits per heavy atom. The lowest BCUT2D eigenvalue weighted by Crippen LogP contribution is -2.20. The predicted octanol–water partition coefficient (Wildman–Crippen LogP) is 3.42. The lowest BCUT2D eigenvalue weighted by atomic mass is 9.85. The second-order valence-corrected chi connectivity index (χ2v) is 7.90. The molecule has 0 spiro atoms. The summed E-state index contributed by atoms with van der Waals surface area (Å²) in [6.07, 6.45) is 7.17. The van der Waals surface area contributed by atoms with Gasteiger partial charge < -0.3 is 5.11 Å². The smallest absolute Gasteiger partial charge is 0.297 e. The van der Waals surface area contributed by atoms with Crippen LogP contribution >= 0.6 is 0 Å². The molecule has 2 rings (SSSR count). The van der Waals surface area contributed by atoms with Crippen molar-refractivity contribution in [1.29, 1.82) is 0 Å². The summed E-state index contributed by atoms with van der Waals surface area (Å²) in [5.41, 5.74) is 0.992. The zero-order valence-electron chi connectivity index (χ0n) is 13.2. The minimum absolute atomic E-state index is 0.137. The number of hydrogen-bond acceptors (Lipinski definition) is 4. The molecule has 1 aliphatic rings. The lowest BCUT2D eigenvalue weighted by Gasteiger charge is -2.22. The Bertz CT molecular complexity index is 545. The van der Waals surface area contributed by atoms with Crippen LogP contribution in [0.15, 0.2) is 29.2 Å². The van der Waals surface area contributed by atoms with Gasteiger partial charge >= 0.3 is 0 Å². The molecule has 5 heteroatoms. The first-order valence-corrected chi connectivity index (χ1v) is 9.52. The molecule has 1 atom stereocenters. The van der Waals surface area contributed by atoms with Crippen LogP contribution in [-0.4, -0.2) is 26.2 Å². The van der Waals surface area contributed by atoms with E-state index in [1.165, 1.54) is 44.2 Å². The number of rotatable bonds is 7. The van der Waals surface area contributed by atoms with Crippen LogP contribution in [0.1, 0.15) is 50.5 Å². The molecule has 22 heavy (non-hydrogen) atoms. The van der Waals surface area contributed by atoms with Crippen LogP contribution in [0.5, 0.6) is 0 Å². The SMILES string of the molecule is Cc1ccc(S(=O)(=O)OC[C@H](O)CCC2CCCCC2)cc1. The number of benzene rings is 1. The summed E-state index contributed by atoms with van der Waals surface area (Å²) in [5.74, 6) is 0.678. The maximum absolute atomic E-state index is 12.0. The van der Waals surface area contributed by atoms with Gasteiger partial charge in [0, 0.05) is 0 Å². The summed E-state index contributed by atoms with van der Waals surface area (Å²) in [6.45, 7) is 1.73. The fraction of sp³-hybridized carbons (Fsp3) is 0.647. The van der Waals surface area contributed by atoms with E-state index in [1.807, 2.05) is 6.92 Å². The first-order chi connectivity index (χ1) is 10.5. The number of aryl methyl sites for hydroxylation is 1. The fourth-order valence-corrected chi connectivity index (χ4v) is 3.87. The molecular formula is C17H26O4S. The van der Waals surface area contributed by atoms with Gasteiger partial charge in [0.05, 0.1) is 17.6 Å². The molecule has 0 saturated heterocycles. The molecule has 0 unspecified atom stereocenters.